The van der Waals surface area contributed by atoms with Crippen LogP contribution in [0.1, 0.15) is 31.2 Å². The Bertz CT molecular complexity index is 1280. The van der Waals surface area contributed by atoms with E-state index >= 15 is 0 Å². The minimum absolute atomic E-state index is 0.000462. The molecule has 0 aliphatic heterocycles. The fourth-order valence-corrected chi connectivity index (χ4v) is 4.80. The molecule has 0 bridgehead atoms. The average Bonchev–Trinajstić information content (AvgIpc) is 3.11. The maximum atomic E-state index is 14.4. The van der Waals surface area contributed by atoms with Crippen molar-refractivity contribution in [3.63, 3.8) is 0 Å². The molecule has 6 nitrogen and oxygen atoms in total. The van der Waals surface area contributed by atoms with E-state index in [1.54, 1.807) is 12.1 Å². The smallest absolute Gasteiger partial charge is 0.235 e. The summed E-state index contributed by atoms with van der Waals surface area (Å²) in [6, 6.07) is 7.92. The number of hydrogen-bond donors (Lipinski definition) is 3. The van der Waals surface area contributed by atoms with E-state index in [2.05, 4.69) is 15.0 Å². The highest BCUT2D eigenvalue weighted by Gasteiger charge is 2.34. The number of sulfonamides is 1. The summed E-state index contributed by atoms with van der Waals surface area (Å²) in [5.41, 5.74) is 2.26. The first-order valence-corrected chi connectivity index (χ1v) is 12.3. The Kier molecular flexibility index (Phi) is 6.49. The third kappa shape index (κ3) is 5.06. The molecular formula is C23H24F3N3O3S. The molecule has 1 amide bonds. The molecule has 4 rings (SSSR count). The van der Waals surface area contributed by atoms with Crippen LogP contribution in [-0.4, -0.2) is 38.2 Å². The zero-order valence-electron chi connectivity index (χ0n) is 17.9. The third-order valence-electron chi connectivity index (χ3n) is 6.06. The van der Waals surface area contributed by atoms with Crippen LogP contribution < -0.4 is 10.0 Å². The summed E-state index contributed by atoms with van der Waals surface area (Å²) in [5, 5.41) is 3.17. The fraction of sp³-hybridized carbons (Fsp3) is 0.348. The summed E-state index contributed by atoms with van der Waals surface area (Å²) in [6.07, 6.45) is 1.36. The van der Waals surface area contributed by atoms with Crippen LogP contribution in [-0.2, 0) is 14.8 Å². The van der Waals surface area contributed by atoms with Crippen molar-refractivity contribution >= 4 is 26.8 Å². The molecule has 33 heavy (non-hydrogen) atoms. The maximum Gasteiger partial charge on any atom is 0.235 e. The van der Waals surface area contributed by atoms with E-state index in [1.807, 2.05) is 0 Å². The van der Waals surface area contributed by atoms with Crippen molar-refractivity contribution in [3.8, 4) is 11.3 Å². The van der Waals surface area contributed by atoms with Gasteiger partial charge in [-0.2, -0.15) is 0 Å². The number of amides is 1. The van der Waals surface area contributed by atoms with Crippen LogP contribution in [0.3, 0.4) is 0 Å². The van der Waals surface area contributed by atoms with E-state index in [9.17, 15) is 26.4 Å². The number of aromatic nitrogens is 1. The molecule has 0 saturated heterocycles. The summed E-state index contributed by atoms with van der Waals surface area (Å²) in [4.78, 5) is 15.0. The molecule has 1 aliphatic rings. The minimum Gasteiger partial charge on any atom is -0.355 e. The Hall–Kier alpha value is -2.85. The number of H-pyrrole nitrogens is 1. The van der Waals surface area contributed by atoms with Crippen LogP contribution in [0.25, 0.3) is 22.2 Å². The number of carbonyl (C=O) groups excluding carboxylic acids is 1. The van der Waals surface area contributed by atoms with Crippen molar-refractivity contribution in [2.75, 3.05) is 18.8 Å². The highest BCUT2D eigenvalue weighted by Crippen LogP contribution is 2.48. The highest BCUT2D eigenvalue weighted by atomic mass is 32.2. The molecule has 1 aromatic heterocycles. The number of benzene rings is 2. The first kappa shape index (κ1) is 23.3. The first-order valence-electron chi connectivity index (χ1n) is 10.7. The molecule has 1 fully saturated rings. The van der Waals surface area contributed by atoms with Gasteiger partial charge in [0.2, 0.25) is 15.9 Å². The van der Waals surface area contributed by atoms with Crippen molar-refractivity contribution in [1.82, 2.24) is 15.0 Å². The van der Waals surface area contributed by atoms with Crippen molar-refractivity contribution in [2.24, 2.45) is 5.92 Å². The maximum absolute atomic E-state index is 14.4. The van der Waals surface area contributed by atoms with Gasteiger partial charge in [0.25, 0.3) is 0 Å². The first-order chi connectivity index (χ1) is 15.7. The Balaban J connectivity index is 1.49. The second-order valence-electron chi connectivity index (χ2n) is 8.29. The van der Waals surface area contributed by atoms with E-state index < -0.39 is 33.4 Å². The molecule has 1 saturated carbocycles. The van der Waals surface area contributed by atoms with Crippen LogP contribution in [0, 0.1) is 23.4 Å². The highest BCUT2D eigenvalue weighted by molar-refractivity contribution is 7.89. The van der Waals surface area contributed by atoms with Crippen molar-refractivity contribution < 1.29 is 26.4 Å². The van der Waals surface area contributed by atoms with Gasteiger partial charge in [0.05, 0.1) is 23.5 Å². The number of fused-ring (bicyclic) bond motifs is 1. The Morgan fingerprint density at radius 1 is 1.09 bits per heavy atom. The third-order valence-corrected chi connectivity index (χ3v) is 7.41. The predicted molar refractivity (Wildman–Crippen MR) is 120 cm³/mol. The summed E-state index contributed by atoms with van der Waals surface area (Å²) < 4.78 is 66.9. The lowest BCUT2D eigenvalue weighted by atomic mass is 9.70. The topological polar surface area (TPSA) is 91.1 Å². The fourth-order valence-electron chi connectivity index (χ4n) is 4.24. The van der Waals surface area contributed by atoms with Crippen molar-refractivity contribution in [2.45, 2.75) is 25.7 Å². The SMILES string of the molecule is CCS(=O)(=O)NCC(=O)NC[C@H]1C[C@@H](c2c(-c3ccc(F)cc3)[nH]c3c(F)cc(F)cc32)C1. The predicted octanol–water partition coefficient (Wildman–Crippen LogP) is 3.80. The number of carbonyl (C=O) groups is 1. The molecule has 3 aromatic rings. The Morgan fingerprint density at radius 3 is 2.45 bits per heavy atom. The molecule has 176 valence electrons. The molecule has 10 heteroatoms. The molecule has 3 N–H and O–H groups in total. The molecular weight excluding hydrogens is 455 g/mol. The lowest BCUT2D eigenvalue weighted by Crippen LogP contribution is -2.41. The van der Waals surface area contributed by atoms with Gasteiger partial charge in [-0.15, -0.1) is 0 Å². The molecule has 0 spiro atoms. The van der Waals surface area contributed by atoms with Crippen molar-refractivity contribution in [1.29, 1.82) is 0 Å². The molecule has 0 unspecified atom stereocenters. The minimum atomic E-state index is -3.44. The molecule has 0 atom stereocenters. The molecule has 1 heterocycles. The number of aromatic amines is 1. The van der Waals surface area contributed by atoms with Crippen LogP contribution in [0.4, 0.5) is 13.2 Å². The van der Waals surface area contributed by atoms with Gasteiger partial charge in [0.15, 0.2) is 0 Å². The summed E-state index contributed by atoms with van der Waals surface area (Å²) in [7, 11) is -3.44. The monoisotopic (exact) mass is 479 g/mol. The second-order valence-corrected chi connectivity index (χ2v) is 10.4. The number of rotatable bonds is 8. The largest absolute Gasteiger partial charge is 0.355 e. The van der Waals surface area contributed by atoms with Gasteiger partial charge in [0.1, 0.15) is 17.5 Å². The van der Waals surface area contributed by atoms with Gasteiger partial charge in [0, 0.05) is 18.0 Å². The summed E-state index contributed by atoms with van der Waals surface area (Å²) in [5.74, 6) is -2.15. The van der Waals surface area contributed by atoms with Gasteiger partial charge in [-0.1, -0.05) is 0 Å². The van der Waals surface area contributed by atoms with Gasteiger partial charge in [-0.05, 0) is 73.1 Å². The number of halogens is 3. The zero-order valence-corrected chi connectivity index (χ0v) is 18.7. The quantitative estimate of drug-likeness (QED) is 0.459. The van der Waals surface area contributed by atoms with E-state index in [0.717, 1.165) is 11.6 Å². The Morgan fingerprint density at radius 2 is 1.79 bits per heavy atom. The number of hydrogen-bond acceptors (Lipinski definition) is 3. The van der Waals surface area contributed by atoms with E-state index in [4.69, 9.17) is 0 Å². The van der Waals surface area contributed by atoms with E-state index in [0.29, 0.717) is 36.0 Å². The standard InChI is InChI=1S/C23H24F3N3O3S/c1-2-33(31,32)28-12-20(30)27-11-13-7-15(8-13)21-18-9-17(25)10-19(26)23(18)29-22(21)14-3-5-16(24)6-4-14/h3-6,9-10,13,15,28-29H,2,7-8,11-12H2,1H3,(H,27,30)/t13-,15+. The summed E-state index contributed by atoms with van der Waals surface area (Å²) >= 11 is 0. The molecule has 1 aliphatic carbocycles. The van der Waals surface area contributed by atoms with E-state index in [1.165, 1.54) is 25.1 Å². The van der Waals surface area contributed by atoms with Gasteiger partial charge >= 0.3 is 0 Å². The normalized spacial score (nSPS) is 18.3. The summed E-state index contributed by atoms with van der Waals surface area (Å²) in [6.45, 7) is 1.54. The second kappa shape index (κ2) is 9.18. The van der Waals surface area contributed by atoms with Crippen LogP contribution in [0.2, 0.25) is 0 Å². The lowest BCUT2D eigenvalue weighted by molar-refractivity contribution is -0.120. The molecule has 0 radical (unpaired) electrons. The Labute approximate surface area is 189 Å². The van der Waals surface area contributed by atoms with Crippen LogP contribution >= 0.6 is 0 Å². The zero-order chi connectivity index (χ0) is 23.8. The van der Waals surface area contributed by atoms with E-state index in [-0.39, 0.29) is 29.7 Å². The lowest BCUT2D eigenvalue weighted by Gasteiger charge is -2.36. The van der Waals surface area contributed by atoms with Crippen LogP contribution in [0.5, 0.6) is 0 Å². The van der Waals surface area contributed by atoms with Crippen molar-refractivity contribution in [3.05, 3.63) is 59.4 Å². The van der Waals surface area contributed by atoms with Gasteiger partial charge in [-0.25, -0.2) is 26.3 Å². The van der Waals surface area contributed by atoms with Crippen LogP contribution in [0.15, 0.2) is 36.4 Å². The van der Waals surface area contributed by atoms with Gasteiger partial charge < -0.3 is 10.3 Å². The molecule has 2 aromatic carbocycles. The van der Waals surface area contributed by atoms with Gasteiger partial charge in [-0.3, -0.25) is 4.79 Å². The number of nitrogens with one attached hydrogen (secondary N) is 3. The average molecular weight is 480 g/mol.